The average Bonchev–Trinajstić information content (AvgIpc) is 2.87. The molecule has 0 bridgehead atoms. The number of anilines is 1. The Bertz CT molecular complexity index is 1180. The third-order valence-corrected chi connectivity index (χ3v) is 6.91. The molecular weight excluding hydrogens is 448 g/mol. The zero-order valence-electron chi connectivity index (χ0n) is 19.3. The van der Waals surface area contributed by atoms with Crippen molar-refractivity contribution in [2.75, 3.05) is 25.3 Å². The first-order chi connectivity index (χ1) is 16.6. The monoisotopic (exact) mass is 476 g/mol. The number of amides is 2. The fraction of sp³-hybridized carbons (Fsp3) is 0.259. The van der Waals surface area contributed by atoms with E-state index in [4.69, 9.17) is 9.47 Å². The molecule has 0 radical (unpaired) electrons. The summed E-state index contributed by atoms with van der Waals surface area (Å²) in [7, 11) is 3.11. The molecule has 0 fully saturated rings. The summed E-state index contributed by atoms with van der Waals surface area (Å²) < 4.78 is 10.5. The van der Waals surface area contributed by atoms with Gasteiger partial charge in [0.25, 0.3) is 5.91 Å². The highest BCUT2D eigenvalue weighted by Crippen LogP contribution is 2.32. The Labute approximate surface area is 204 Å². The highest BCUT2D eigenvalue weighted by Gasteiger charge is 2.23. The summed E-state index contributed by atoms with van der Waals surface area (Å²) in [6.45, 7) is 0. The number of benzene rings is 3. The number of nitrogens with one attached hydrogen (secondary N) is 2. The van der Waals surface area contributed by atoms with Gasteiger partial charge in [-0.3, -0.25) is 9.59 Å². The van der Waals surface area contributed by atoms with E-state index in [0.29, 0.717) is 22.7 Å². The molecule has 1 atom stereocenters. The SMILES string of the molecule is COc1ccc(NC(=O)CSc2ccccc2C(=O)NC2CCCc3ccccc32)cc1OC. The largest absolute Gasteiger partial charge is 0.493 e. The van der Waals surface area contributed by atoms with Crippen molar-refractivity contribution in [3.05, 3.63) is 83.4 Å². The average molecular weight is 477 g/mol. The van der Waals surface area contributed by atoms with Crippen molar-refractivity contribution in [2.24, 2.45) is 0 Å². The van der Waals surface area contributed by atoms with E-state index >= 15 is 0 Å². The van der Waals surface area contributed by atoms with Crippen LogP contribution >= 0.6 is 11.8 Å². The zero-order valence-corrected chi connectivity index (χ0v) is 20.1. The quantitative estimate of drug-likeness (QED) is 0.435. The molecule has 3 aromatic rings. The summed E-state index contributed by atoms with van der Waals surface area (Å²) in [5, 5.41) is 6.07. The van der Waals surface area contributed by atoms with Crippen LogP contribution in [0.25, 0.3) is 0 Å². The highest BCUT2D eigenvalue weighted by atomic mass is 32.2. The number of hydrogen-bond acceptors (Lipinski definition) is 5. The van der Waals surface area contributed by atoms with Crippen molar-refractivity contribution >= 4 is 29.3 Å². The minimum Gasteiger partial charge on any atom is -0.493 e. The number of ether oxygens (including phenoxy) is 2. The van der Waals surface area contributed by atoms with E-state index in [1.54, 1.807) is 38.5 Å². The van der Waals surface area contributed by atoms with E-state index < -0.39 is 0 Å². The van der Waals surface area contributed by atoms with Crippen molar-refractivity contribution in [2.45, 2.75) is 30.2 Å². The topological polar surface area (TPSA) is 76.7 Å². The molecule has 2 amide bonds. The van der Waals surface area contributed by atoms with Crippen LogP contribution in [0, 0.1) is 0 Å². The van der Waals surface area contributed by atoms with Gasteiger partial charge in [-0.25, -0.2) is 0 Å². The molecule has 3 aromatic carbocycles. The molecule has 176 valence electrons. The van der Waals surface area contributed by atoms with Gasteiger partial charge in [-0.1, -0.05) is 36.4 Å². The minimum absolute atomic E-state index is 0.00357. The number of fused-ring (bicyclic) bond motifs is 1. The van der Waals surface area contributed by atoms with Gasteiger partial charge in [0.2, 0.25) is 5.91 Å². The minimum atomic E-state index is -0.173. The van der Waals surface area contributed by atoms with Crippen LogP contribution in [0.15, 0.2) is 71.6 Å². The van der Waals surface area contributed by atoms with E-state index in [-0.39, 0.29) is 23.6 Å². The van der Waals surface area contributed by atoms with Crippen LogP contribution in [-0.4, -0.2) is 31.8 Å². The third-order valence-electron chi connectivity index (χ3n) is 5.83. The fourth-order valence-electron chi connectivity index (χ4n) is 4.17. The smallest absolute Gasteiger partial charge is 0.252 e. The summed E-state index contributed by atoms with van der Waals surface area (Å²) in [6.07, 6.45) is 3.02. The maximum atomic E-state index is 13.2. The number of rotatable bonds is 8. The molecule has 0 aliphatic heterocycles. The molecule has 0 saturated heterocycles. The predicted molar refractivity (Wildman–Crippen MR) is 135 cm³/mol. The Hall–Kier alpha value is -3.45. The lowest BCUT2D eigenvalue weighted by Gasteiger charge is -2.26. The molecule has 7 heteroatoms. The molecule has 0 aromatic heterocycles. The first-order valence-electron chi connectivity index (χ1n) is 11.2. The second kappa shape index (κ2) is 11.1. The molecule has 34 heavy (non-hydrogen) atoms. The molecule has 1 unspecified atom stereocenters. The number of thioether (sulfide) groups is 1. The van der Waals surface area contributed by atoms with Gasteiger partial charge in [-0.2, -0.15) is 0 Å². The van der Waals surface area contributed by atoms with Gasteiger partial charge in [0, 0.05) is 16.6 Å². The first kappa shape index (κ1) is 23.7. The Morgan fingerprint density at radius 2 is 1.74 bits per heavy atom. The van der Waals surface area contributed by atoms with Crippen molar-refractivity contribution in [1.82, 2.24) is 5.32 Å². The first-order valence-corrected chi connectivity index (χ1v) is 12.2. The van der Waals surface area contributed by atoms with Crippen LogP contribution in [0.1, 0.15) is 40.4 Å². The molecule has 0 saturated carbocycles. The summed E-state index contributed by atoms with van der Waals surface area (Å²) in [6, 6.07) is 20.9. The van der Waals surface area contributed by atoms with Gasteiger partial charge in [0.15, 0.2) is 11.5 Å². The number of carbonyl (C=O) groups excluding carboxylic acids is 2. The maximum Gasteiger partial charge on any atom is 0.252 e. The van der Waals surface area contributed by atoms with Gasteiger partial charge >= 0.3 is 0 Å². The van der Waals surface area contributed by atoms with Gasteiger partial charge in [-0.05, 0) is 54.7 Å². The maximum absolute atomic E-state index is 13.2. The lowest BCUT2D eigenvalue weighted by atomic mass is 9.87. The van der Waals surface area contributed by atoms with Crippen LogP contribution in [0.2, 0.25) is 0 Å². The number of aryl methyl sites for hydroxylation is 1. The Kier molecular flexibility index (Phi) is 7.75. The summed E-state index contributed by atoms with van der Waals surface area (Å²) >= 11 is 1.34. The van der Waals surface area contributed by atoms with Gasteiger partial charge in [-0.15, -0.1) is 11.8 Å². The van der Waals surface area contributed by atoms with E-state index in [0.717, 1.165) is 24.2 Å². The second-order valence-electron chi connectivity index (χ2n) is 8.02. The lowest BCUT2D eigenvalue weighted by molar-refractivity contribution is -0.113. The fourth-order valence-corrected chi connectivity index (χ4v) is 5.02. The summed E-state index contributed by atoms with van der Waals surface area (Å²) in [5.41, 5.74) is 3.69. The van der Waals surface area contributed by atoms with Crippen molar-refractivity contribution in [3.63, 3.8) is 0 Å². The number of carbonyl (C=O) groups is 2. The predicted octanol–water partition coefficient (Wildman–Crippen LogP) is 5.24. The lowest BCUT2D eigenvalue weighted by Crippen LogP contribution is -2.31. The van der Waals surface area contributed by atoms with Gasteiger partial charge in [0.05, 0.1) is 31.6 Å². The Morgan fingerprint density at radius 3 is 2.56 bits per heavy atom. The Balaban J connectivity index is 1.40. The second-order valence-corrected chi connectivity index (χ2v) is 9.04. The van der Waals surface area contributed by atoms with Crippen molar-refractivity contribution in [3.8, 4) is 11.5 Å². The molecule has 0 heterocycles. The van der Waals surface area contributed by atoms with Crippen LogP contribution < -0.4 is 20.1 Å². The van der Waals surface area contributed by atoms with Crippen LogP contribution in [0.3, 0.4) is 0 Å². The molecule has 1 aliphatic rings. The van der Waals surface area contributed by atoms with E-state index in [9.17, 15) is 9.59 Å². The normalized spacial score (nSPS) is 14.6. The Morgan fingerprint density at radius 1 is 0.971 bits per heavy atom. The third kappa shape index (κ3) is 5.54. The standard InChI is InChI=1S/C27H28N2O4S/c1-32-23-15-14-19(16-24(23)33-2)28-26(30)17-34-25-13-6-5-11-21(25)27(31)29-22-12-7-9-18-8-3-4-10-20(18)22/h3-6,8,10-11,13-16,22H,7,9,12,17H2,1-2H3,(H,28,30)(H,29,31). The molecule has 1 aliphatic carbocycles. The van der Waals surface area contributed by atoms with Crippen LogP contribution in [0.4, 0.5) is 5.69 Å². The molecule has 4 rings (SSSR count). The van der Waals surface area contributed by atoms with Crippen molar-refractivity contribution < 1.29 is 19.1 Å². The highest BCUT2D eigenvalue weighted by molar-refractivity contribution is 8.00. The number of hydrogen-bond donors (Lipinski definition) is 2. The van der Waals surface area contributed by atoms with E-state index in [1.807, 2.05) is 30.3 Å². The van der Waals surface area contributed by atoms with Crippen LogP contribution in [0.5, 0.6) is 11.5 Å². The summed E-state index contributed by atoms with van der Waals surface area (Å²) in [4.78, 5) is 26.5. The van der Waals surface area contributed by atoms with Gasteiger partial charge < -0.3 is 20.1 Å². The zero-order chi connectivity index (χ0) is 23.9. The van der Waals surface area contributed by atoms with E-state index in [1.165, 1.54) is 22.9 Å². The summed E-state index contributed by atoms with van der Waals surface area (Å²) in [5.74, 6) is 1.01. The van der Waals surface area contributed by atoms with Crippen LogP contribution in [-0.2, 0) is 11.2 Å². The van der Waals surface area contributed by atoms with E-state index in [2.05, 4.69) is 22.8 Å². The molecular formula is C27H28N2O4S. The van der Waals surface area contributed by atoms with Gasteiger partial charge in [0.1, 0.15) is 0 Å². The molecule has 6 nitrogen and oxygen atoms in total. The van der Waals surface area contributed by atoms with Crippen molar-refractivity contribution in [1.29, 1.82) is 0 Å². The molecule has 2 N–H and O–H groups in total. The number of methoxy groups -OCH3 is 2. The molecule has 0 spiro atoms.